The van der Waals surface area contributed by atoms with Gasteiger partial charge in [0.15, 0.2) is 0 Å². The zero-order chi connectivity index (χ0) is 17.8. The number of phenolic OH excluding ortho intramolecular Hbond substituents is 1. The molecule has 0 spiro atoms. The van der Waals surface area contributed by atoms with Gasteiger partial charge in [0.1, 0.15) is 5.75 Å². The van der Waals surface area contributed by atoms with Gasteiger partial charge in [0, 0.05) is 29.7 Å². The van der Waals surface area contributed by atoms with Crippen LogP contribution in [0.3, 0.4) is 0 Å². The fraction of sp³-hybridized carbons (Fsp3) is 0.211. The Bertz CT molecular complexity index is 866. The van der Waals surface area contributed by atoms with Crippen molar-refractivity contribution in [1.29, 1.82) is 0 Å². The normalized spacial score (nSPS) is 12.0. The first-order valence-electron chi connectivity index (χ1n) is 8.01. The second kappa shape index (κ2) is 7.27. The summed E-state index contributed by atoms with van der Waals surface area (Å²) >= 11 is 0. The lowest BCUT2D eigenvalue weighted by Gasteiger charge is -2.13. The molecule has 0 saturated heterocycles. The second-order valence-electron chi connectivity index (χ2n) is 5.84. The van der Waals surface area contributed by atoms with Crippen molar-refractivity contribution in [2.45, 2.75) is 20.0 Å². The molecule has 1 atom stereocenters. The van der Waals surface area contributed by atoms with Gasteiger partial charge in [-0.15, -0.1) is 0 Å². The lowest BCUT2D eigenvalue weighted by atomic mass is 10.1. The quantitative estimate of drug-likeness (QED) is 0.663. The molecular weight excluding hydrogens is 316 g/mol. The smallest absolute Gasteiger partial charge is 0.223 e. The highest BCUT2D eigenvalue weighted by Gasteiger charge is 2.10. The van der Waals surface area contributed by atoms with Crippen molar-refractivity contribution in [2.24, 2.45) is 0 Å². The molecule has 0 aliphatic heterocycles. The van der Waals surface area contributed by atoms with Gasteiger partial charge in [0.25, 0.3) is 0 Å². The third-order valence-corrected chi connectivity index (χ3v) is 3.89. The first-order chi connectivity index (χ1) is 12.0. The standard InChI is InChI=1S/C19H20N4O2/c1-12-3-8-16(13(2)22-12)17-9-10-20-19(23-17)21-11-18(25)14-4-6-15(24)7-5-14/h3-10,18,24-25H,11H2,1-2H3,(H,20,21,23)/t18-/m1/s1. The Morgan fingerprint density at radius 1 is 1.00 bits per heavy atom. The largest absolute Gasteiger partial charge is 0.508 e. The van der Waals surface area contributed by atoms with E-state index >= 15 is 0 Å². The maximum Gasteiger partial charge on any atom is 0.223 e. The molecular formula is C19H20N4O2. The number of phenols is 1. The van der Waals surface area contributed by atoms with E-state index in [9.17, 15) is 10.2 Å². The van der Waals surface area contributed by atoms with Crippen molar-refractivity contribution < 1.29 is 10.2 Å². The van der Waals surface area contributed by atoms with Gasteiger partial charge in [-0.2, -0.15) is 0 Å². The predicted octanol–water partition coefficient (Wildman–Crippen LogP) is 3.01. The number of pyridine rings is 1. The topological polar surface area (TPSA) is 91.2 Å². The van der Waals surface area contributed by atoms with Crippen LogP contribution in [-0.2, 0) is 0 Å². The molecule has 25 heavy (non-hydrogen) atoms. The highest BCUT2D eigenvalue weighted by molar-refractivity contribution is 5.62. The maximum absolute atomic E-state index is 10.2. The molecule has 0 aliphatic rings. The van der Waals surface area contributed by atoms with E-state index in [2.05, 4.69) is 20.3 Å². The molecule has 0 bridgehead atoms. The van der Waals surface area contributed by atoms with E-state index in [1.165, 1.54) is 0 Å². The Morgan fingerprint density at radius 2 is 1.76 bits per heavy atom. The molecule has 2 heterocycles. The van der Waals surface area contributed by atoms with Gasteiger partial charge in [-0.05, 0) is 49.7 Å². The molecule has 0 saturated carbocycles. The number of aliphatic hydroxyl groups is 1. The molecule has 6 nitrogen and oxygen atoms in total. The van der Waals surface area contributed by atoms with Crippen LogP contribution >= 0.6 is 0 Å². The molecule has 0 aliphatic carbocycles. The van der Waals surface area contributed by atoms with Crippen LogP contribution in [0.2, 0.25) is 0 Å². The predicted molar refractivity (Wildman–Crippen MR) is 96.3 cm³/mol. The molecule has 3 N–H and O–H groups in total. The van der Waals surface area contributed by atoms with E-state index < -0.39 is 6.10 Å². The van der Waals surface area contributed by atoms with Gasteiger partial charge >= 0.3 is 0 Å². The van der Waals surface area contributed by atoms with Gasteiger partial charge in [0.2, 0.25) is 5.95 Å². The number of aryl methyl sites for hydroxylation is 2. The highest BCUT2D eigenvalue weighted by Crippen LogP contribution is 2.21. The summed E-state index contributed by atoms with van der Waals surface area (Å²) in [4.78, 5) is 13.2. The van der Waals surface area contributed by atoms with Crippen LogP contribution in [0.25, 0.3) is 11.3 Å². The number of anilines is 1. The number of hydrogen-bond acceptors (Lipinski definition) is 6. The second-order valence-corrected chi connectivity index (χ2v) is 5.84. The van der Waals surface area contributed by atoms with E-state index in [1.807, 2.05) is 32.0 Å². The van der Waals surface area contributed by atoms with E-state index in [0.717, 1.165) is 22.6 Å². The van der Waals surface area contributed by atoms with Crippen molar-refractivity contribution in [1.82, 2.24) is 15.0 Å². The maximum atomic E-state index is 10.2. The molecule has 2 aromatic heterocycles. The summed E-state index contributed by atoms with van der Waals surface area (Å²) in [7, 11) is 0. The zero-order valence-electron chi connectivity index (χ0n) is 14.1. The Balaban J connectivity index is 1.72. The lowest BCUT2D eigenvalue weighted by Crippen LogP contribution is -2.14. The average molecular weight is 336 g/mol. The first-order valence-corrected chi connectivity index (χ1v) is 8.01. The van der Waals surface area contributed by atoms with Crippen LogP contribution < -0.4 is 5.32 Å². The van der Waals surface area contributed by atoms with E-state index in [1.54, 1.807) is 30.5 Å². The van der Waals surface area contributed by atoms with Crippen LogP contribution in [-0.4, -0.2) is 31.7 Å². The summed E-state index contributed by atoms with van der Waals surface area (Å²) in [5.74, 6) is 0.609. The Kier molecular flexibility index (Phi) is 4.90. The van der Waals surface area contributed by atoms with Crippen LogP contribution in [0.15, 0.2) is 48.7 Å². The summed E-state index contributed by atoms with van der Waals surface area (Å²) in [5, 5.41) is 22.6. The number of hydrogen-bond donors (Lipinski definition) is 3. The third kappa shape index (κ3) is 4.10. The molecule has 3 rings (SSSR count). The monoisotopic (exact) mass is 336 g/mol. The van der Waals surface area contributed by atoms with Crippen LogP contribution in [0.1, 0.15) is 23.1 Å². The van der Waals surface area contributed by atoms with Crippen LogP contribution in [0.5, 0.6) is 5.75 Å². The van der Waals surface area contributed by atoms with Crippen molar-refractivity contribution in [3.05, 3.63) is 65.6 Å². The van der Waals surface area contributed by atoms with Gasteiger partial charge < -0.3 is 15.5 Å². The summed E-state index contributed by atoms with van der Waals surface area (Å²) < 4.78 is 0. The molecule has 3 aromatic rings. The fourth-order valence-corrected chi connectivity index (χ4v) is 2.55. The molecule has 0 fully saturated rings. The van der Waals surface area contributed by atoms with Crippen molar-refractivity contribution >= 4 is 5.95 Å². The highest BCUT2D eigenvalue weighted by atomic mass is 16.3. The Labute approximate surface area is 146 Å². The number of benzene rings is 1. The summed E-state index contributed by atoms with van der Waals surface area (Å²) in [6.07, 6.45) is 0.951. The minimum Gasteiger partial charge on any atom is -0.508 e. The summed E-state index contributed by atoms with van der Waals surface area (Å²) in [6.45, 7) is 4.17. The zero-order valence-corrected chi connectivity index (χ0v) is 14.1. The Hall–Kier alpha value is -2.99. The van der Waals surface area contributed by atoms with Gasteiger partial charge in [0.05, 0.1) is 11.8 Å². The molecule has 0 amide bonds. The number of nitrogens with one attached hydrogen (secondary N) is 1. The van der Waals surface area contributed by atoms with Crippen molar-refractivity contribution in [2.75, 3.05) is 11.9 Å². The van der Waals surface area contributed by atoms with Gasteiger partial charge in [-0.1, -0.05) is 12.1 Å². The lowest BCUT2D eigenvalue weighted by molar-refractivity contribution is 0.191. The minimum atomic E-state index is -0.726. The van der Waals surface area contributed by atoms with Crippen LogP contribution in [0, 0.1) is 13.8 Å². The summed E-state index contributed by atoms with van der Waals surface area (Å²) in [6, 6.07) is 12.2. The number of nitrogens with zero attached hydrogens (tertiary/aromatic N) is 3. The number of aromatic hydroxyl groups is 1. The minimum absolute atomic E-state index is 0.169. The van der Waals surface area contributed by atoms with Crippen molar-refractivity contribution in [3.63, 3.8) is 0 Å². The third-order valence-electron chi connectivity index (χ3n) is 3.89. The summed E-state index contributed by atoms with van der Waals surface area (Å²) in [5.41, 5.74) is 4.32. The van der Waals surface area contributed by atoms with E-state index in [0.29, 0.717) is 11.5 Å². The first kappa shape index (κ1) is 16.9. The number of aromatic nitrogens is 3. The Morgan fingerprint density at radius 3 is 2.48 bits per heavy atom. The van der Waals surface area contributed by atoms with Gasteiger partial charge in [-0.3, -0.25) is 4.98 Å². The number of rotatable bonds is 5. The molecule has 1 aromatic carbocycles. The number of aliphatic hydroxyl groups excluding tert-OH is 1. The SMILES string of the molecule is Cc1ccc(-c2ccnc(NC[C@@H](O)c3ccc(O)cc3)n2)c(C)n1. The fourth-order valence-electron chi connectivity index (χ4n) is 2.55. The van der Waals surface area contributed by atoms with E-state index in [-0.39, 0.29) is 12.3 Å². The van der Waals surface area contributed by atoms with Crippen molar-refractivity contribution in [3.8, 4) is 17.0 Å². The van der Waals surface area contributed by atoms with Crippen LogP contribution in [0.4, 0.5) is 5.95 Å². The van der Waals surface area contributed by atoms with Gasteiger partial charge in [-0.25, -0.2) is 9.97 Å². The van der Waals surface area contributed by atoms with E-state index in [4.69, 9.17) is 0 Å². The molecule has 6 heteroatoms. The molecule has 0 radical (unpaired) electrons. The molecule has 128 valence electrons. The molecule has 0 unspecified atom stereocenters. The average Bonchev–Trinajstić information content (AvgIpc) is 2.60.